The summed E-state index contributed by atoms with van der Waals surface area (Å²) in [6.45, 7) is 7.07. The van der Waals surface area contributed by atoms with E-state index in [1.54, 1.807) is 27.4 Å². The highest BCUT2D eigenvalue weighted by molar-refractivity contribution is 14.0. The van der Waals surface area contributed by atoms with Gasteiger partial charge in [0.15, 0.2) is 5.96 Å². The number of thioether (sulfide) groups is 1. The van der Waals surface area contributed by atoms with Crippen molar-refractivity contribution in [2.45, 2.75) is 26.7 Å². The summed E-state index contributed by atoms with van der Waals surface area (Å²) in [6.07, 6.45) is 3.78. The number of rotatable bonds is 9. The molecule has 0 bridgehead atoms. The van der Waals surface area contributed by atoms with Crippen molar-refractivity contribution >= 4 is 63.1 Å². The number of nitrogens with zero attached hydrogens (tertiary/aromatic N) is 3. The van der Waals surface area contributed by atoms with Crippen molar-refractivity contribution in [3.05, 3.63) is 16.1 Å². The van der Waals surface area contributed by atoms with E-state index in [0.29, 0.717) is 19.0 Å². The lowest BCUT2D eigenvalue weighted by Gasteiger charge is -2.25. The average Bonchev–Trinajstić information content (AvgIpc) is 3.10. The van der Waals surface area contributed by atoms with Gasteiger partial charge in [0.2, 0.25) is 10.0 Å². The number of aromatic nitrogens is 1. The monoisotopic (exact) mass is 547 g/mol. The highest BCUT2D eigenvalue weighted by atomic mass is 127. The number of nitrogens with one attached hydrogen (secondary N) is 2. The first-order valence-electron chi connectivity index (χ1n) is 9.06. The summed E-state index contributed by atoms with van der Waals surface area (Å²) in [6, 6.07) is 0. The first-order chi connectivity index (χ1) is 12.5. The van der Waals surface area contributed by atoms with E-state index in [1.165, 1.54) is 4.88 Å². The van der Waals surface area contributed by atoms with E-state index in [4.69, 9.17) is 0 Å². The normalized spacial score (nSPS) is 16.0. The second-order valence-corrected chi connectivity index (χ2v) is 10.4. The minimum Gasteiger partial charge on any atom is -0.357 e. The van der Waals surface area contributed by atoms with Gasteiger partial charge in [0, 0.05) is 55.2 Å². The molecule has 1 fully saturated rings. The second kappa shape index (κ2) is 13.2. The van der Waals surface area contributed by atoms with E-state index in [1.807, 2.05) is 13.1 Å². The van der Waals surface area contributed by atoms with Crippen LogP contribution in [0.5, 0.6) is 0 Å². The zero-order valence-corrected chi connectivity index (χ0v) is 20.7. The van der Waals surface area contributed by atoms with Crippen molar-refractivity contribution in [2.24, 2.45) is 4.99 Å². The van der Waals surface area contributed by atoms with Gasteiger partial charge in [-0.15, -0.1) is 35.3 Å². The number of aliphatic imine (C=N–C) groups is 1. The number of hydrogen-bond donors (Lipinski definition) is 2. The topological polar surface area (TPSA) is 86.7 Å². The van der Waals surface area contributed by atoms with Crippen molar-refractivity contribution in [1.29, 1.82) is 0 Å². The Morgan fingerprint density at radius 1 is 1.30 bits per heavy atom. The van der Waals surface area contributed by atoms with Crippen molar-refractivity contribution < 1.29 is 8.42 Å². The number of aryl methyl sites for hydroxylation is 1. The van der Waals surface area contributed by atoms with Gasteiger partial charge in [-0.25, -0.2) is 17.7 Å². The van der Waals surface area contributed by atoms with Crippen LogP contribution in [0.1, 0.15) is 23.7 Å². The number of guanidine groups is 1. The molecule has 0 spiro atoms. The lowest BCUT2D eigenvalue weighted by Crippen LogP contribution is -2.41. The molecule has 0 unspecified atom stereocenters. The van der Waals surface area contributed by atoms with E-state index < -0.39 is 10.0 Å². The molecule has 0 aromatic carbocycles. The molecule has 0 saturated carbocycles. The predicted molar refractivity (Wildman–Crippen MR) is 127 cm³/mol. The fraction of sp³-hybridized carbons (Fsp3) is 0.750. The van der Waals surface area contributed by atoms with Gasteiger partial charge in [-0.2, -0.15) is 11.8 Å². The molecule has 156 valence electrons. The third-order valence-electron chi connectivity index (χ3n) is 3.91. The molecule has 2 N–H and O–H groups in total. The summed E-state index contributed by atoms with van der Waals surface area (Å²) in [5.74, 6) is 2.47. The number of sulfonamides is 1. The van der Waals surface area contributed by atoms with E-state index in [9.17, 15) is 8.42 Å². The van der Waals surface area contributed by atoms with Crippen LogP contribution >= 0.6 is 47.1 Å². The quantitative estimate of drug-likeness (QED) is 0.279. The van der Waals surface area contributed by atoms with Gasteiger partial charge in [0.1, 0.15) is 0 Å². The minimum atomic E-state index is -3.21. The lowest BCUT2D eigenvalue weighted by molar-refractivity contribution is 0.444. The van der Waals surface area contributed by atoms with Gasteiger partial charge < -0.3 is 10.6 Å². The maximum absolute atomic E-state index is 12.4. The fourth-order valence-corrected chi connectivity index (χ4v) is 5.80. The number of hydrogen-bond acceptors (Lipinski definition) is 6. The maximum atomic E-state index is 12.4. The molecule has 2 rings (SSSR count). The lowest BCUT2D eigenvalue weighted by atomic mass is 10.4. The van der Waals surface area contributed by atoms with Crippen LogP contribution in [-0.4, -0.2) is 73.6 Å². The van der Waals surface area contributed by atoms with E-state index in [-0.39, 0.29) is 36.3 Å². The molecule has 0 aliphatic carbocycles. The van der Waals surface area contributed by atoms with Crippen LogP contribution in [0.4, 0.5) is 0 Å². The van der Waals surface area contributed by atoms with Gasteiger partial charge in [-0.3, -0.25) is 4.99 Å². The summed E-state index contributed by atoms with van der Waals surface area (Å²) < 4.78 is 26.3. The number of halogens is 1. The minimum absolute atomic E-state index is 0. The molecular weight excluding hydrogens is 517 g/mol. The Morgan fingerprint density at radius 2 is 2.04 bits per heavy atom. The van der Waals surface area contributed by atoms with Gasteiger partial charge in [-0.05, 0) is 13.3 Å². The van der Waals surface area contributed by atoms with E-state index in [0.717, 1.165) is 42.4 Å². The van der Waals surface area contributed by atoms with Crippen LogP contribution in [-0.2, 0) is 22.9 Å². The summed E-state index contributed by atoms with van der Waals surface area (Å²) >= 11 is 3.54. The Hall–Kier alpha value is -0.110. The smallest absolute Gasteiger partial charge is 0.215 e. The predicted octanol–water partition coefficient (Wildman–Crippen LogP) is 1.80. The zero-order chi connectivity index (χ0) is 18.8. The highest BCUT2D eigenvalue weighted by Gasteiger charge is 2.23. The van der Waals surface area contributed by atoms with Gasteiger partial charge >= 0.3 is 0 Å². The van der Waals surface area contributed by atoms with Crippen LogP contribution < -0.4 is 10.6 Å². The van der Waals surface area contributed by atoms with Crippen molar-refractivity contribution in [2.75, 3.05) is 50.0 Å². The van der Waals surface area contributed by atoms with E-state index in [2.05, 4.69) is 27.5 Å². The molecule has 1 saturated heterocycles. The molecule has 0 atom stereocenters. The molecule has 0 amide bonds. The standard InChI is InChI=1S/C16H29N5O2S3.HI/c1-3-14-13-20-15(25-14)5-6-18-16(17-4-2)19-7-12-26(22,23)21-8-10-24-11-9-21;/h13H,3-12H2,1-2H3,(H2,17,18,19);1H. The van der Waals surface area contributed by atoms with Gasteiger partial charge in [0.05, 0.1) is 17.3 Å². The Balaban J connectivity index is 0.00000364. The fourth-order valence-electron chi connectivity index (χ4n) is 2.48. The summed E-state index contributed by atoms with van der Waals surface area (Å²) in [4.78, 5) is 10.1. The molecule has 0 radical (unpaired) electrons. The van der Waals surface area contributed by atoms with Crippen molar-refractivity contribution in [1.82, 2.24) is 19.9 Å². The third kappa shape index (κ3) is 8.84. The van der Waals surface area contributed by atoms with Crippen LogP contribution in [0.25, 0.3) is 0 Å². The Bertz CT molecular complexity index is 675. The van der Waals surface area contributed by atoms with Crippen LogP contribution in [0, 0.1) is 0 Å². The molecule has 1 aromatic rings. The Morgan fingerprint density at radius 3 is 2.67 bits per heavy atom. The molecule has 1 aromatic heterocycles. The van der Waals surface area contributed by atoms with Gasteiger partial charge in [-0.1, -0.05) is 6.92 Å². The van der Waals surface area contributed by atoms with Gasteiger partial charge in [0.25, 0.3) is 0 Å². The maximum Gasteiger partial charge on any atom is 0.215 e. The first kappa shape index (κ1) is 24.9. The van der Waals surface area contributed by atoms with Crippen LogP contribution in [0.15, 0.2) is 11.2 Å². The van der Waals surface area contributed by atoms with Crippen molar-refractivity contribution in [3.8, 4) is 0 Å². The average molecular weight is 548 g/mol. The van der Waals surface area contributed by atoms with E-state index >= 15 is 0 Å². The molecular formula is C16H30IN5O2S3. The Labute approximate surface area is 188 Å². The molecule has 27 heavy (non-hydrogen) atoms. The molecule has 2 heterocycles. The van der Waals surface area contributed by atoms with Crippen LogP contribution in [0.3, 0.4) is 0 Å². The van der Waals surface area contributed by atoms with Crippen molar-refractivity contribution in [3.63, 3.8) is 0 Å². The largest absolute Gasteiger partial charge is 0.357 e. The number of thiazole rings is 1. The van der Waals surface area contributed by atoms with Crippen LogP contribution in [0.2, 0.25) is 0 Å². The third-order valence-corrected chi connectivity index (χ3v) is 7.90. The summed E-state index contributed by atoms with van der Waals surface area (Å²) in [5, 5.41) is 7.52. The molecule has 1 aliphatic heterocycles. The molecule has 7 nitrogen and oxygen atoms in total. The molecule has 1 aliphatic rings. The zero-order valence-electron chi connectivity index (χ0n) is 15.9. The molecule has 11 heteroatoms. The highest BCUT2D eigenvalue weighted by Crippen LogP contribution is 2.14. The second-order valence-electron chi connectivity index (χ2n) is 5.84. The Kier molecular flexibility index (Phi) is 12.2. The SMILES string of the molecule is CCNC(=NCCS(=O)(=O)N1CCSCC1)NCCc1ncc(CC)s1.I. The summed E-state index contributed by atoms with van der Waals surface area (Å²) in [7, 11) is -3.21. The summed E-state index contributed by atoms with van der Waals surface area (Å²) in [5.41, 5.74) is 0. The first-order valence-corrected chi connectivity index (χ1v) is 12.6.